The highest BCUT2D eigenvalue weighted by Crippen LogP contribution is 2.27. The van der Waals surface area contributed by atoms with E-state index in [2.05, 4.69) is 22.0 Å². The highest BCUT2D eigenvalue weighted by molar-refractivity contribution is 8.14. The Kier molecular flexibility index (Phi) is 8.22. The van der Waals surface area contributed by atoms with Gasteiger partial charge in [0, 0.05) is 10.7 Å². The number of ether oxygens (including phenoxy) is 2. The van der Waals surface area contributed by atoms with Crippen LogP contribution in [0.3, 0.4) is 0 Å². The number of nitrogens with one attached hydrogen (secondary N) is 1. The van der Waals surface area contributed by atoms with E-state index in [-0.39, 0.29) is 11.7 Å². The number of benzene rings is 2. The van der Waals surface area contributed by atoms with Crippen LogP contribution in [-0.4, -0.2) is 47.9 Å². The Morgan fingerprint density at radius 2 is 2.06 bits per heavy atom. The third-order valence-electron chi connectivity index (χ3n) is 3.92. The number of halogens is 2. The number of hydrogen-bond acceptors (Lipinski definition) is 7. The molecule has 0 fully saturated rings. The van der Waals surface area contributed by atoms with Crippen LogP contribution in [-0.2, 0) is 4.79 Å². The molecule has 2 aromatic carbocycles. The lowest BCUT2D eigenvalue weighted by atomic mass is 10.3. The second-order valence-corrected chi connectivity index (χ2v) is 8.05. The van der Waals surface area contributed by atoms with Gasteiger partial charge >= 0.3 is 0 Å². The summed E-state index contributed by atoms with van der Waals surface area (Å²) in [5.74, 6) is 1.51. The van der Waals surface area contributed by atoms with E-state index in [1.807, 2.05) is 0 Å². The summed E-state index contributed by atoms with van der Waals surface area (Å²) < 4.78 is 11.0. The van der Waals surface area contributed by atoms with Crippen LogP contribution >= 0.6 is 35.0 Å². The maximum absolute atomic E-state index is 12.3. The number of hydrazone groups is 1. The number of methoxy groups -OCH3 is 1. The topological polar surface area (TPSA) is 75.5 Å². The van der Waals surface area contributed by atoms with E-state index in [1.165, 1.54) is 18.9 Å². The Balaban J connectivity index is 1.62. The largest absolute Gasteiger partial charge is 0.495 e. The van der Waals surface area contributed by atoms with Gasteiger partial charge in [-0.3, -0.25) is 9.80 Å². The average molecular weight is 479 g/mol. The molecule has 1 heterocycles. The third-order valence-corrected chi connectivity index (χ3v) is 5.31. The van der Waals surface area contributed by atoms with E-state index in [0.29, 0.717) is 51.4 Å². The van der Waals surface area contributed by atoms with E-state index in [9.17, 15) is 4.79 Å². The number of thioether (sulfide) groups is 1. The molecule has 0 unspecified atom stereocenters. The monoisotopic (exact) mass is 478 g/mol. The lowest BCUT2D eigenvalue weighted by molar-refractivity contribution is -0.113. The number of anilines is 1. The van der Waals surface area contributed by atoms with Gasteiger partial charge in [0.1, 0.15) is 18.0 Å². The summed E-state index contributed by atoms with van der Waals surface area (Å²) in [6.45, 7) is 4.64. The van der Waals surface area contributed by atoms with Crippen molar-refractivity contribution < 1.29 is 14.3 Å². The molecule has 0 saturated heterocycles. The summed E-state index contributed by atoms with van der Waals surface area (Å²) in [5, 5.41) is 10.4. The lowest BCUT2D eigenvalue weighted by Gasteiger charge is -2.23. The minimum atomic E-state index is -0.217. The number of amides is 1. The SMILES string of the molecule is C=CCN1CC(Oc2ccc(Cl)cc2)=NC(SCC(=O)Nc2ccc(OC)c(Cl)c2)=N1. The number of carbonyl (C=O) groups is 1. The summed E-state index contributed by atoms with van der Waals surface area (Å²) in [4.78, 5) is 16.8. The zero-order valence-corrected chi connectivity index (χ0v) is 19.0. The molecule has 0 atom stereocenters. The Morgan fingerprint density at radius 1 is 1.29 bits per heavy atom. The van der Waals surface area contributed by atoms with Gasteiger partial charge in [-0.2, -0.15) is 4.99 Å². The van der Waals surface area contributed by atoms with Gasteiger partial charge < -0.3 is 14.8 Å². The van der Waals surface area contributed by atoms with E-state index in [4.69, 9.17) is 32.7 Å². The molecule has 7 nitrogen and oxygen atoms in total. The second-order valence-electron chi connectivity index (χ2n) is 6.27. The highest BCUT2D eigenvalue weighted by Gasteiger charge is 2.18. The molecule has 3 rings (SSSR count). The maximum atomic E-state index is 12.3. The fourth-order valence-corrected chi connectivity index (χ4v) is 3.61. The number of nitrogens with zero attached hydrogens (tertiary/aromatic N) is 3. The molecule has 2 aromatic rings. The van der Waals surface area contributed by atoms with E-state index < -0.39 is 0 Å². The number of aliphatic imine (C=N–C) groups is 1. The first-order valence-corrected chi connectivity index (χ1v) is 10.9. The Morgan fingerprint density at radius 3 is 2.74 bits per heavy atom. The molecule has 0 aliphatic carbocycles. The highest BCUT2D eigenvalue weighted by atomic mass is 35.5. The van der Waals surface area contributed by atoms with Gasteiger partial charge in [-0.1, -0.05) is 41.0 Å². The maximum Gasteiger partial charge on any atom is 0.234 e. The predicted molar refractivity (Wildman–Crippen MR) is 128 cm³/mol. The second kappa shape index (κ2) is 11.1. The minimum absolute atomic E-state index is 0.113. The fourth-order valence-electron chi connectivity index (χ4n) is 2.56. The molecule has 1 aliphatic heterocycles. The number of amidine groups is 1. The Hall–Kier alpha value is -2.68. The summed E-state index contributed by atoms with van der Waals surface area (Å²) >= 11 is 13.2. The number of carbonyl (C=O) groups excluding carboxylic acids is 1. The lowest BCUT2D eigenvalue weighted by Crippen LogP contribution is -2.33. The molecule has 0 bridgehead atoms. The van der Waals surface area contributed by atoms with Crippen LogP contribution in [0.1, 0.15) is 0 Å². The van der Waals surface area contributed by atoms with Crippen LogP contribution in [0, 0.1) is 0 Å². The van der Waals surface area contributed by atoms with Gasteiger partial charge in [0.25, 0.3) is 0 Å². The van der Waals surface area contributed by atoms with Gasteiger partial charge in [-0.25, -0.2) is 0 Å². The van der Waals surface area contributed by atoms with Crippen molar-refractivity contribution in [1.82, 2.24) is 5.01 Å². The first kappa shape index (κ1) is 23.0. The van der Waals surface area contributed by atoms with Crippen molar-refractivity contribution >= 4 is 57.6 Å². The average Bonchev–Trinajstić information content (AvgIpc) is 2.74. The van der Waals surface area contributed by atoms with Crippen molar-refractivity contribution in [2.24, 2.45) is 10.1 Å². The van der Waals surface area contributed by atoms with Gasteiger partial charge in [0.15, 0.2) is 0 Å². The Bertz CT molecular complexity index is 1010. The molecular formula is C21H20Cl2N4O3S. The minimum Gasteiger partial charge on any atom is -0.495 e. The standard InChI is InChI=1S/C21H20Cl2N4O3S/c1-3-10-27-12-20(30-16-7-4-14(22)5-8-16)25-21(26-27)31-13-19(28)24-15-6-9-18(29-2)17(23)11-15/h3-9,11H,1,10,12-13H2,2H3,(H,24,28). The summed E-state index contributed by atoms with van der Waals surface area (Å²) in [7, 11) is 1.53. The molecule has 162 valence electrons. The van der Waals surface area contributed by atoms with Crippen molar-refractivity contribution in [1.29, 1.82) is 0 Å². The van der Waals surface area contributed by atoms with Crippen LogP contribution in [0.15, 0.2) is 65.2 Å². The molecule has 1 aliphatic rings. The van der Waals surface area contributed by atoms with Gasteiger partial charge in [-0.05, 0) is 42.5 Å². The molecule has 0 saturated carbocycles. The molecule has 1 amide bonds. The first-order valence-electron chi connectivity index (χ1n) is 9.18. The number of hydrogen-bond donors (Lipinski definition) is 1. The van der Waals surface area contributed by atoms with E-state index in [0.717, 1.165) is 0 Å². The third kappa shape index (κ3) is 6.92. The smallest absolute Gasteiger partial charge is 0.234 e. The van der Waals surface area contributed by atoms with Crippen LogP contribution in [0.5, 0.6) is 11.5 Å². The van der Waals surface area contributed by atoms with Crippen LogP contribution in [0.2, 0.25) is 10.0 Å². The Labute approximate surface area is 194 Å². The van der Waals surface area contributed by atoms with E-state index in [1.54, 1.807) is 53.5 Å². The molecule has 0 radical (unpaired) electrons. The zero-order chi connectivity index (χ0) is 22.2. The molecular weight excluding hydrogens is 459 g/mol. The zero-order valence-electron chi connectivity index (χ0n) is 16.7. The summed E-state index contributed by atoms with van der Waals surface area (Å²) in [5.41, 5.74) is 0.575. The molecule has 0 spiro atoms. The van der Waals surface area contributed by atoms with Crippen LogP contribution in [0.25, 0.3) is 0 Å². The van der Waals surface area contributed by atoms with Gasteiger partial charge in [0.2, 0.25) is 17.0 Å². The summed E-state index contributed by atoms with van der Waals surface area (Å²) in [6.07, 6.45) is 1.73. The normalized spacial score (nSPS) is 13.2. The summed E-state index contributed by atoms with van der Waals surface area (Å²) in [6, 6.07) is 12.0. The fraction of sp³-hybridized carbons (Fsp3) is 0.190. The predicted octanol–water partition coefficient (Wildman–Crippen LogP) is 4.92. The molecule has 31 heavy (non-hydrogen) atoms. The van der Waals surface area contributed by atoms with Crippen molar-refractivity contribution in [2.75, 3.05) is 31.3 Å². The quantitative estimate of drug-likeness (QED) is 0.571. The van der Waals surface area contributed by atoms with Crippen molar-refractivity contribution in [3.8, 4) is 11.5 Å². The van der Waals surface area contributed by atoms with E-state index >= 15 is 0 Å². The molecule has 10 heteroatoms. The molecule has 1 N–H and O–H groups in total. The van der Waals surface area contributed by atoms with Crippen molar-refractivity contribution in [3.63, 3.8) is 0 Å². The molecule has 0 aromatic heterocycles. The van der Waals surface area contributed by atoms with Crippen LogP contribution in [0.4, 0.5) is 5.69 Å². The van der Waals surface area contributed by atoms with Crippen molar-refractivity contribution in [2.45, 2.75) is 0 Å². The van der Waals surface area contributed by atoms with Gasteiger partial charge in [0.05, 0.1) is 24.4 Å². The van der Waals surface area contributed by atoms with Crippen molar-refractivity contribution in [3.05, 3.63) is 65.2 Å². The van der Waals surface area contributed by atoms with Gasteiger partial charge in [-0.15, -0.1) is 11.7 Å². The number of rotatable bonds is 7. The van der Waals surface area contributed by atoms with Crippen LogP contribution < -0.4 is 14.8 Å². The first-order chi connectivity index (χ1) is 15.0.